The summed E-state index contributed by atoms with van der Waals surface area (Å²) in [5.41, 5.74) is 0.967. The van der Waals surface area contributed by atoms with Gasteiger partial charge in [-0.15, -0.1) is 0 Å². The number of hydrogen-bond donors (Lipinski definition) is 1. The highest BCUT2D eigenvalue weighted by Crippen LogP contribution is 2.68. The molecule has 0 bridgehead atoms. The first-order valence-corrected chi connectivity index (χ1v) is 11.6. The van der Waals surface area contributed by atoms with Crippen LogP contribution in [0.25, 0.3) is 0 Å². The first kappa shape index (κ1) is 19.6. The van der Waals surface area contributed by atoms with Gasteiger partial charge in [0.05, 0.1) is 12.6 Å². The summed E-state index contributed by atoms with van der Waals surface area (Å²) < 4.78 is 0. The summed E-state index contributed by atoms with van der Waals surface area (Å²) in [5, 5.41) is 10.2. The minimum atomic E-state index is -0.0424. The number of aliphatic hydroxyl groups is 1. The number of fused-ring (bicyclic) bond motifs is 5. The zero-order valence-corrected chi connectivity index (χ0v) is 17.6. The molecule has 27 heavy (non-hydrogen) atoms. The number of rotatable bonds is 4. The summed E-state index contributed by atoms with van der Waals surface area (Å²) in [6.45, 7) is 8.22. The van der Waals surface area contributed by atoms with Crippen LogP contribution in [-0.4, -0.2) is 23.8 Å². The van der Waals surface area contributed by atoms with Crippen LogP contribution in [0.15, 0.2) is 4.99 Å². The van der Waals surface area contributed by atoms with Crippen LogP contribution < -0.4 is 0 Å². The molecule has 4 fully saturated rings. The molecule has 0 aromatic carbocycles. The molecule has 3 heteroatoms. The van der Waals surface area contributed by atoms with Crippen LogP contribution in [-0.2, 0) is 4.79 Å². The molecule has 9 atom stereocenters. The fourth-order valence-electron chi connectivity index (χ4n) is 8.73. The van der Waals surface area contributed by atoms with Gasteiger partial charge in [-0.05, 0) is 111 Å². The Morgan fingerprint density at radius 2 is 1.78 bits per heavy atom. The molecule has 0 radical (unpaired) electrons. The van der Waals surface area contributed by atoms with E-state index in [0.29, 0.717) is 23.3 Å². The molecular weight excluding hydrogens is 334 g/mol. The molecule has 0 spiro atoms. The first-order valence-electron chi connectivity index (χ1n) is 11.6. The van der Waals surface area contributed by atoms with E-state index in [-0.39, 0.29) is 6.10 Å². The van der Waals surface area contributed by atoms with Crippen molar-refractivity contribution >= 4 is 6.08 Å². The smallest absolute Gasteiger partial charge is 0.234 e. The fraction of sp³-hybridized carbons (Fsp3) is 0.958. The van der Waals surface area contributed by atoms with Crippen LogP contribution in [0.2, 0.25) is 0 Å². The van der Waals surface area contributed by atoms with Gasteiger partial charge in [-0.3, -0.25) is 0 Å². The van der Waals surface area contributed by atoms with E-state index < -0.39 is 0 Å². The lowest BCUT2D eigenvalue weighted by atomic mass is 9.44. The zero-order valence-electron chi connectivity index (χ0n) is 17.6. The maximum absolute atomic E-state index is 10.4. The molecule has 0 aromatic heterocycles. The number of aliphatic imine (C=N–C) groups is 1. The Hall–Kier alpha value is -0.660. The van der Waals surface area contributed by atoms with Crippen molar-refractivity contribution in [3.63, 3.8) is 0 Å². The van der Waals surface area contributed by atoms with E-state index >= 15 is 0 Å². The third kappa shape index (κ3) is 3.14. The summed E-state index contributed by atoms with van der Waals surface area (Å²) in [5.74, 6) is 4.89. The van der Waals surface area contributed by atoms with E-state index in [1.54, 1.807) is 6.08 Å². The van der Waals surface area contributed by atoms with E-state index in [0.717, 1.165) is 48.9 Å². The standard InChI is InChI=1S/C24H39NO2/c1-16(10-13-25-15-26)20-6-7-21-19-5-4-17-14-18(27)8-11-23(17,2)22(19)9-12-24(20,21)3/h16-22,27H,4-14H2,1-3H3. The monoisotopic (exact) mass is 373 g/mol. The van der Waals surface area contributed by atoms with Crippen LogP contribution in [0.3, 0.4) is 0 Å². The predicted octanol–water partition coefficient (Wildman–Crippen LogP) is 5.37. The predicted molar refractivity (Wildman–Crippen MR) is 108 cm³/mol. The second kappa shape index (κ2) is 7.30. The second-order valence-corrected chi connectivity index (χ2v) is 11.1. The maximum atomic E-state index is 10.4. The molecule has 4 aliphatic rings. The summed E-state index contributed by atoms with van der Waals surface area (Å²) in [6.07, 6.45) is 14.3. The molecule has 0 heterocycles. The molecule has 152 valence electrons. The van der Waals surface area contributed by atoms with Gasteiger partial charge in [-0.2, -0.15) is 0 Å². The van der Waals surface area contributed by atoms with Gasteiger partial charge in [0.15, 0.2) is 0 Å². The van der Waals surface area contributed by atoms with Crippen molar-refractivity contribution in [3.8, 4) is 0 Å². The van der Waals surface area contributed by atoms with E-state index in [1.807, 2.05) is 0 Å². The average Bonchev–Trinajstić information content (AvgIpc) is 3.00. The van der Waals surface area contributed by atoms with Gasteiger partial charge in [-0.1, -0.05) is 20.8 Å². The van der Waals surface area contributed by atoms with Gasteiger partial charge in [0.25, 0.3) is 0 Å². The van der Waals surface area contributed by atoms with Crippen molar-refractivity contribution in [3.05, 3.63) is 0 Å². The highest BCUT2D eigenvalue weighted by Gasteiger charge is 2.60. The van der Waals surface area contributed by atoms with Crippen LogP contribution in [0.4, 0.5) is 0 Å². The Bertz CT molecular complexity index is 599. The molecule has 9 unspecified atom stereocenters. The lowest BCUT2D eigenvalue weighted by Gasteiger charge is -2.61. The first-order chi connectivity index (χ1) is 12.9. The van der Waals surface area contributed by atoms with Crippen molar-refractivity contribution in [2.24, 2.45) is 51.3 Å². The van der Waals surface area contributed by atoms with Crippen molar-refractivity contribution in [2.45, 2.75) is 91.1 Å². The van der Waals surface area contributed by atoms with E-state index in [2.05, 4.69) is 25.8 Å². The average molecular weight is 374 g/mol. The van der Waals surface area contributed by atoms with Gasteiger partial charge < -0.3 is 5.11 Å². The number of nitrogens with zero attached hydrogens (tertiary/aromatic N) is 1. The Balaban J connectivity index is 1.51. The van der Waals surface area contributed by atoms with Crippen molar-refractivity contribution in [1.82, 2.24) is 0 Å². The van der Waals surface area contributed by atoms with Gasteiger partial charge in [0.1, 0.15) is 0 Å². The Morgan fingerprint density at radius 1 is 1.04 bits per heavy atom. The van der Waals surface area contributed by atoms with Gasteiger partial charge in [0.2, 0.25) is 6.08 Å². The van der Waals surface area contributed by atoms with Crippen molar-refractivity contribution < 1.29 is 9.90 Å². The molecular formula is C24H39NO2. The zero-order chi connectivity index (χ0) is 19.2. The topological polar surface area (TPSA) is 49.7 Å². The van der Waals surface area contributed by atoms with Crippen molar-refractivity contribution in [1.29, 1.82) is 0 Å². The highest BCUT2D eigenvalue weighted by atomic mass is 16.3. The fourth-order valence-corrected chi connectivity index (χ4v) is 8.73. The van der Waals surface area contributed by atoms with E-state index in [4.69, 9.17) is 0 Å². The normalized spacial score (nSPS) is 50.1. The van der Waals surface area contributed by atoms with Gasteiger partial charge >= 0.3 is 0 Å². The number of aliphatic hydroxyl groups excluding tert-OH is 1. The quantitative estimate of drug-likeness (QED) is 0.532. The Morgan fingerprint density at radius 3 is 2.56 bits per heavy atom. The minimum absolute atomic E-state index is 0.0424. The molecule has 0 amide bonds. The third-order valence-corrected chi connectivity index (χ3v) is 10.2. The molecule has 4 aliphatic carbocycles. The molecule has 0 aromatic rings. The highest BCUT2D eigenvalue weighted by molar-refractivity contribution is 5.32. The van der Waals surface area contributed by atoms with E-state index in [9.17, 15) is 9.90 Å². The summed E-state index contributed by atoms with van der Waals surface area (Å²) in [4.78, 5) is 14.2. The summed E-state index contributed by atoms with van der Waals surface area (Å²) in [7, 11) is 0. The Kier molecular flexibility index (Phi) is 5.31. The largest absolute Gasteiger partial charge is 0.393 e. The molecule has 0 saturated heterocycles. The molecule has 4 rings (SSSR count). The second-order valence-electron chi connectivity index (χ2n) is 11.1. The molecule has 0 aliphatic heterocycles. The van der Waals surface area contributed by atoms with Gasteiger partial charge in [0, 0.05) is 0 Å². The molecule has 1 N–H and O–H groups in total. The number of hydrogen-bond acceptors (Lipinski definition) is 3. The lowest BCUT2D eigenvalue weighted by molar-refractivity contribution is -0.129. The van der Waals surface area contributed by atoms with Crippen LogP contribution in [0, 0.1) is 46.3 Å². The van der Waals surface area contributed by atoms with E-state index in [1.165, 1.54) is 44.9 Å². The van der Waals surface area contributed by atoms with Crippen LogP contribution >= 0.6 is 0 Å². The minimum Gasteiger partial charge on any atom is -0.393 e. The number of isocyanates is 1. The van der Waals surface area contributed by atoms with Crippen LogP contribution in [0.5, 0.6) is 0 Å². The van der Waals surface area contributed by atoms with Gasteiger partial charge in [-0.25, -0.2) is 9.79 Å². The third-order valence-electron chi connectivity index (χ3n) is 10.2. The molecule has 4 saturated carbocycles. The number of carbonyl (C=O) groups excluding carboxylic acids is 1. The van der Waals surface area contributed by atoms with Crippen LogP contribution in [0.1, 0.15) is 85.0 Å². The molecule has 3 nitrogen and oxygen atoms in total. The Labute approximate surface area is 165 Å². The lowest BCUT2D eigenvalue weighted by Crippen LogP contribution is -2.54. The SMILES string of the molecule is CC(CCN=C=O)C1CCC2C3CCC4CC(O)CCC4(C)C3CCC12C. The van der Waals surface area contributed by atoms with Crippen molar-refractivity contribution in [2.75, 3.05) is 6.54 Å². The summed E-state index contributed by atoms with van der Waals surface area (Å²) in [6, 6.07) is 0. The summed E-state index contributed by atoms with van der Waals surface area (Å²) >= 11 is 0. The maximum Gasteiger partial charge on any atom is 0.234 e.